The molecule has 2 nitrogen and oxygen atoms in total. The van der Waals surface area contributed by atoms with Crippen molar-refractivity contribution in [3.8, 4) is 0 Å². The Morgan fingerprint density at radius 1 is 1.40 bits per heavy atom. The van der Waals surface area contributed by atoms with E-state index in [1.807, 2.05) is 23.9 Å². The maximum absolute atomic E-state index is 9.67. The first-order valence-corrected chi connectivity index (χ1v) is 6.71. The zero-order valence-corrected chi connectivity index (χ0v) is 9.93. The van der Waals surface area contributed by atoms with E-state index in [0.717, 1.165) is 43.0 Å². The molecule has 0 radical (unpaired) electrons. The third-order valence-electron chi connectivity index (χ3n) is 2.92. The Labute approximate surface area is 95.1 Å². The van der Waals surface area contributed by atoms with E-state index in [9.17, 15) is 5.11 Å². The minimum atomic E-state index is -0.101. The molecule has 15 heavy (non-hydrogen) atoms. The topological polar surface area (TPSA) is 33.4 Å². The molecule has 3 heteroatoms. The maximum Gasteiger partial charge on any atom is 0.114 e. The monoisotopic (exact) mass is 226 g/mol. The van der Waals surface area contributed by atoms with E-state index in [0.29, 0.717) is 5.25 Å². The molecule has 1 heterocycles. The number of hydrogen-bond acceptors (Lipinski definition) is 3. The smallest absolute Gasteiger partial charge is 0.114 e. The normalized spacial score (nSPS) is 26.0. The van der Waals surface area contributed by atoms with Crippen molar-refractivity contribution in [2.75, 3.05) is 0 Å². The average Bonchev–Trinajstić information content (AvgIpc) is 2.84. The summed E-state index contributed by atoms with van der Waals surface area (Å²) >= 11 is 1.83. The van der Waals surface area contributed by atoms with Crippen molar-refractivity contribution in [1.29, 1.82) is 0 Å². The highest BCUT2D eigenvalue weighted by atomic mass is 32.2. The van der Waals surface area contributed by atoms with Crippen molar-refractivity contribution in [2.24, 2.45) is 0 Å². The predicted molar refractivity (Wildman–Crippen MR) is 63.0 cm³/mol. The molecule has 0 spiro atoms. The molecule has 0 saturated heterocycles. The van der Waals surface area contributed by atoms with Gasteiger partial charge in [0, 0.05) is 11.7 Å². The van der Waals surface area contributed by atoms with E-state index >= 15 is 0 Å². The highest BCUT2D eigenvalue weighted by Gasteiger charge is 2.25. The molecule has 1 aliphatic rings. The van der Waals surface area contributed by atoms with Crippen LogP contribution in [0.5, 0.6) is 0 Å². The molecular weight excluding hydrogens is 208 g/mol. The molecular formula is C12H18O2S. The van der Waals surface area contributed by atoms with Gasteiger partial charge in [0.25, 0.3) is 0 Å². The second kappa shape index (κ2) is 5.08. The van der Waals surface area contributed by atoms with Gasteiger partial charge in [0.1, 0.15) is 11.5 Å². The van der Waals surface area contributed by atoms with Gasteiger partial charge in [-0.05, 0) is 31.4 Å². The number of furan rings is 1. The summed E-state index contributed by atoms with van der Waals surface area (Å²) in [6.07, 6.45) is 4.13. The van der Waals surface area contributed by atoms with Gasteiger partial charge in [-0.1, -0.05) is 6.92 Å². The Bertz CT molecular complexity index is 308. The molecule has 2 rings (SSSR count). The van der Waals surface area contributed by atoms with Crippen LogP contribution in [0.25, 0.3) is 0 Å². The van der Waals surface area contributed by atoms with Gasteiger partial charge in [0.05, 0.1) is 11.9 Å². The lowest BCUT2D eigenvalue weighted by Gasteiger charge is -2.12. The van der Waals surface area contributed by atoms with Crippen LogP contribution >= 0.6 is 11.8 Å². The number of hydrogen-bond donors (Lipinski definition) is 1. The van der Waals surface area contributed by atoms with E-state index in [1.165, 1.54) is 0 Å². The van der Waals surface area contributed by atoms with Gasteiger partial charge in [-0.3, -0.25) is 0 Å². The summed E-state index contributed by atoms with van der Waals surface area (Å²) in [5.74, 6) is 2.98. The summed E-state index contributed by atoms with van der Waals surface area (Å²) in [5.41, 5.74) is 0. The summed E-state index contributed by atoms with van der Waals surface area (Å²) in [5, 5.41) is 10.1. The lowest BCUT2D eigenvalue weighted by Crippen LogP contribution is -2.15. The summed E-state index contributed by atoms with van der Waals surface area (Å²) in [4.78, 5) is 0. The molecule has 1 fully saturated rings. The number of rotatable bonds is 4. The zero-order chi connectivity index (χ0) is 10.7. The Balaban J connectivity index is 1.82. The Morgan fingerprint density at radius 3 is 2.80 bits per heavy atom. The van der Waals surface area contributed by atoms with Crippen molar-refractivity contribution in [3.63, 3.8) is 0 Å². The molecule has 0 aliphatic heterocycles. The van der Waals surface area contributed by atoms with Gasteiger partial charge in [-0.2, -0.15) is 0 Å². The van der Waals surface area contributed by atoms with Crippen LogP contribution < -0.4 is 0 Å². The van der Waals surface area contributed by atoms with Crippen LogP contribution in [-0.4, -0.2) is 16.5 Å². The molecule has 1 aromatic heterocycles. The standard InChI is InChI=1S/C12H18O2S/c1-2-9-6-7-10(14-9)8-15-12-5-3-4-11(12)13/h6-7,11-13H,2-5,8H2,1H3/t11-,12-/m1/s1. The molecule has 0 bridgehead atoms. The third-order valence-corrected chi connectivity index (χ3v) is 4.35. The maximum atomic E-state index is 9.67. The fourth-order valence-electron chi connectivity index (χ4n) is 1.98. The first-order valence-electron chi connectivity index (χ1n) is 5.67. The van der Waals surface area contributed by atoms with Crippen LogP contribution in [0.1, 0.15) is 37.7 Å². The van der Waals surface area contributed by atoms with E-state index in [1.54, 1.807) is 0 Å². The van der Waals surface area contributed by atoms with Crippen LogP contribution in [0.4, 0.5) is 0 Å². The highest BCUT2D eigenvalue weighted by molar-refractivity contribution is 7.99. The van der Waals surface area contributed by atoms with Crippen LogP contribution in [-0.2, 0) is 12.2 Å². The van der Waals surface area contributed by atoms with E-state index < -0.39 is 0 Å². The van der Waals surface area contributed by atoms with E-state index in [4.69, 9.17) is 4.42 Å². The van der Waals surface area contributed by atoms with Crippen LogP contribution in [0.3, 0.4) is 0 Å². The van der Waals surface area contributed by atoms with Gasteiger partial charge < -0.3 is 9.52 Å². The molecule has 1 aliphatic carbocycles. The lowest BCUT2D eigenvalue weighted by atomic mass is 10.3. The lowest BCUT2D eigenvalue weighted by molar-refractivity contribution is 0.188. The minimum absolute atomic E-state index is 0.101. The predicted octanol–water partition coefficient (Wildman–Crippen LogP) is 2.99. The first-order chi connectivity index (χ1) is 7.29. The highest BCUT2D eigenvalue weighted by Crippen LogP contribution is 2.32. The average molecular weight is 226 g/mol. The van der Waals surface area contributed by atoms with Gasteiger partial charge >= 0.3 is 0 Å². The van der Waals surface area contributed by atoms with Gasteiger partial charge in [0.2, 0.25) is 0 Å². The van der Waals surface area contributed by atoms with Crippen molar-refractivity contribution in [3.05, 3.63) is 23.7 Å². The molecule has 1 aromatic rings. The minimum Gasteiger partial charge on any atom is -0.465 e. The molecule has 1 saturated carbocycles. The van der Waals surface area contributed by atoms with Crippen molar-refractivity contribution < 1.29 is 9.52 Å². The summed E-state index contributed by atoms with van der Waals surface area (Å²) in [7, 11) is 0. The first kappa shape index (κ1) is 11.1. The fourth-order valence-corrected chi connectivity index (χ4v) is 3.21. The van der Waals surface area contributed by atoms with Crippen molar-refractivity contribution >= 4 is 11.8 Å². The third kappa shape index (κ3) is 2.79. The van der Waals surface area contributed by atoms with E-state index in [2.05, 4.69) is 6.92 Å². The number of thioether (sulfide) groups is 1. The van der Waals surface area contributed by atoms with Gasteiger partial charge in [-0.15, -0.1) is 11.8 Å². The number of aliphatic hydroxyl groups is 1. The van der Waals surface area contributed by atoms with Crippen LogP contribution in [0, 0.1) is 0 Å². The molecule has 2 atom stereocenters. The Morgan fingerprint density at radius 2 is 2.20 bits per heavy atom. The molecule has 1 N–H and O–H groups in total. The number of aliphatic hydroxyl groups excluding tert-OH is 1. The largest absolute Gasteiger partial charge is 0.465 e. The van der Waals surface area contributed by atoms with E-state index in [-0.39, 0.29) is 6.10 Å². The molecule has 0 aromatic carbocycles. The molecule has 84 valence electrons. The van der Waals surface area contributed by atoms with Crippen molar-refractivity contribution in [1.82, 2.24) is 0 Å². The van der Waals surface area contributed by atoms with Crippen LogP contribution in [0.2, 0.25) is 0 Å². The van der Waals surface area contributed by atoms with Crippen LogP contribution in [0.15, 0.2) is 16.5 Å². The second-order valence-electron chi connectivity index (χ2n) is 4.07. The Kier molecular flexibility index (Phi) is 3.76. The quantitative estimate of drug-likeness (QED) is 0.857. The molecule has 0 unspecified atom stereocenters. The second-order valence-corrected chi connectivity index (χ2v) is 5.30. The number of aryl methyl sites for hydroxylation is 1. The molecule has 0 amide bonds. The summed E-state index contributed by atoms with van der Waals surface area (Å²) < 4.78 is 5.63. The Hall–Kier alpha value is -0.410. The fraction of sp³-hybridized carbons (Fsp3) is 0.667. The van der Waals surface area contributed by atoms with Gasteiger partial charge in [0.15, 0.2) is 0 Å². The van der Waals surface area contributed by atoms with Crippen molar-refractivity contribution in [2.45, 2.75) is 49.7 Å². The summed E-state index contributed by atoms with van der Waals surface area (Å²) in [6, 6.07) is 4.09. The van der Waals surface area contributed by atoms with Gasteiger partial charge in [-0.25, -0.2) is 0 Å². The zero-order valence-electron chi connectivity index (χ0n) is 9.11. The summed E-state index contributed by atoms with van der Waals surface area (Å²) in [6.45, 7) is 2.09. The SMILES string of the molecule is CCc1ccc(CS[C@@H]2CCC[C@H]2O)o1.